The van der Waals surface area contributed by atoms with Crippen molar-refractivity contribution in [2.75, 3.05) is 5.32 Å². The molecule has 0 radical (unpaired) electrons. The van der Waals surface area contributed by atoms with E-state index in [2.05, 4.69) is 15.6 Å². The molecule has 9 heteroatoms. The monoisotopic (exact) mass is 367 g/mol. The second kappa shape index (κ2) is 6.60. The zero-order valence-electron chi connectivity index (χ0n) is 12.6. The lowest BCUT2D eigenvalue weighted by molar-refractivity contribution is -0.136. The van der Waals surface area contributed by atoms with Crippen LogP contribution in [0.15, 0.2) is 51.9 Å². The molecule has 0 bridgehead atoms. The molecular weight excluding hydrogens is 355 g/mol. The summed E-state index contributed by atoms with van der Waals surface area (Å²) in [5.41, 5.74) is -1.35. The number of furan rings is 1. The molecule has 0 aliphatic carbocycles. The molecule has 0 spiro atoms. The number of thiocarbonyl (C=S) groups is 1. The van der Waals surface area contributed by atoms with E-state index in [0.29, 0.717) is 24.1 Å². The second-order valence-electron chi connectivity index (χ2n) is 5.19. The van der Waals surface area contributed by atoms with Crippen molar-refractivity contribution in [1.82, 2.24) is 10.3 Å². The lowest BCUT2D eigenvalue weighted by Gasteiger charge is -2.13. The molecule has 0 saturated heterocycles. The summed E-state index contributed by atoms with van der Waals surface area (Å²) in [6.07, 6.45) is -3.11. The number of nitrogens with one attached hydrogen (secondary N) is 3. The average molecular weight is 367 g/mol. The quantitative estimate of drug-likeness (QED) is 0.617. The first-order valence-corrected chi connectivity index (χ1v) is 7.55. The van der Waals surface area contributed by atoms with Crippen LogP contribution in [0.2, 0.25) is 0 Å². The predicted molar refractivity (Wildman–Crippen MR) is 91.3 cm³/mol. The third-order valence-electron chi connectivity index (χ3n) is 3.41. The standard InChI is InChI=1S/C16H12F3N3O2S/c17-16(18,19)12-7-14(23)22-13-4-3-9(6-11(12)13)21-15(25)20-8-10-2-1-5-24-10/h1-7H,8H2,(H,22,23)(H2,20,21,25). The molecule has 3 aromatic rings. The molecular formula is C16H12F3N3O2S. The molecule has 25 heavy (non-hydrogen) atoms. The van der Waals surface area contributed by atoms with Gasteiger partial charge in [0.1, 0.15) is 5.76 Å². The summed E-state index contributed by atoms with van der Waals surface area (Å²) in [5.74, 6) is 0.666. The van der Waals surface area contributed by atoms with E-state index in [1.165, 1.54) is 24.5 Å². The summed E-state index contributed by atoms with van der Waals surface area (Å²) in [6.45, 7) is 0.341. The largest absolute Gasteiger partial charge is 0.467 e. The zero-order valence-corrected chi connectivity index (χ0v) is 13.4. The van der Waals surface area contributed by atoms with Gasteiger partial charge in [-0.3, -0.25) is 4.79 Å². The van der Waals surface area contributed by atoms with Crippen molar-refractivity contribution in [3.63, 3.8) is 0 Å². The maximum Gasteiger partial charge on any atom is 0.417 e. The minimum atomic E-state index is -4.64. The van der Waals surface area contributed by atoms with Crippen LogP contribution in [0.3, 0.4) is 0 Å². The fourth-order valence-electron chi connectivity index (χ4n) is 2.32. The Hall–Kier alpha value is -2.81. The molecule has 3 N–H and O–H groups in total. The van der Waals surface area contributed by atoms with Gasteiger partial charge in [0.25, 0.3) is 0 Å². The Morgan fingerprint density at radius 3 is 2.72 bits per heavy atom. The van der Waals surface area contributed by atoms with Crippen LogP contribution in [0.1, 0.15) is 11.3 Å². The van der Waals surface area contributed by atoms with Crippen molar-refractivity contribution in [2.24, 2.45) is 0 Å². The van der Waals surface area contributed by atoms with Gasteiger partial charge in [-0.2, -0.15) is 13.2 Å². The van der Waals surface area contributed by atoms with Gasteiger partial charge in [-0.05, 0) is 42.5 Å². The topological polar surface area (TPSA) is 70.1 Å². The van der Waals surface area contributed by atoms with Gasteiger partial charge in [0.05, 0.1) is 18.4 Å². The Balaban J connectivity index is 1.84. The van der Waals surface area contributed by atoms with Crippen molar-refractivity contribution in [3.8, 4) is 0 Å². The first kappa shape index (κ1) is 17.0. The summed E-state index contributed by atoms with van der Waals surface area (Å²) in [4.78, 5) is 13.8. The minimum absolute atomic E-state index is 0.0971. The molecule has 0 aliphatic heterocycles. The van der Waals surface area contributed by atoms with Crippen molar-refractivity contribution in [2.45, 2.75) is 12.7 Å². The number of halogens is 3. The molecule has 0 amide bonds. The summed E-state index contributed by atoms with van der Waals surface area (Å²) in [6, 6.07) is 8.24. The molecule has 3 rings (SSSR count). The van der Waals surface area contributed by atoms with E-state index in [9.17, 15) is 18.0 Å². The number of anilines is 1. The second-order valence-corrected chi connectivity index (χ2v) is 5.60. The van der Waals surface area contributed by atoms with Crippen LogP contribution in [0, 0.1) is 0 Å². The van der Waals surface area contributed by atoms with Gasteiger partial charge in [0.15, 0.2) is 5.11 Å². The predicted octanol–water partition coefficient (Wildman–Crippen LogP) is 3.63. The van der Waals surface area contributed by atoms with Gasteiger partial charge in [-0.15, -0.1) is 0 Å². The summed E-state index contributed by atoms with van der Waals surface area (Å²) >= 11 is 5.12. The zero-order chi connectivity index (χ0) is 18.0. The lowest BCUT2D eigenvalue weighted by atomic mass is 10.1. The van der Waals surface area contributed by atoms with Crippen molar-refractivity contribution in [1.29, 1.82) is 0 Å². The third kappa shape index (κ3) is 4.00. The number of hydrogen-bond donors (Lipinski definition) is 3. The number of fused-ring (bicyclic) bond motifs is 1. The number of hydrogen-bond acceptors (Lipinski definition) is 3. The summed E-state index contributed by atoms with van der Waals surface area (Å²) in [7, 11) is 0. The highest BCUT2D eigenvalue weighted by molar-refractivity contribution is 7.80. The Bertz CT molecular complexity index is 965. The smallest absolute Gasteiger partial charge is 0.417 e. The van der Waals surface area contributed by atoms with Gasteiger partial charge in [0.2, 0.25) is 5.56 Å². The molecule has 5 nitrogen and oxygen atoms in total. The van der Waals surface area contributed by atoms with E-state index < -0.39 is 17.3 Å². The maximum absolute atomic E-state index is 13.1. The van der Waals surface area contributed by atoms with Crippen LogP contribution in [0.25, 0.3) is 10.9 Å². The van der Waals surface area contributed by atoms with Gasteiger partial charge < -0.3 is 20.0 Å². The van der Waals surface area contributed by atoms with Gasteiger partial charge in [-0.25, -0.2) is 0 Å². The van der Waals surface area contributed by atoms with E-state index >= 15 is 0 Å². The molecule has 130 valence electrons. The molecule has 0 saturated carbocycles. The number of aromatic amines is 1. The van der Waals surface area contributed by atoms with Gasteiger partial charge in [-0.1, -0.05) is 0 Å². The normalized spacial score (nSPS) is 11.5. The number of benzene rings is 1. The fourth-order valence-corrected chi connectivity index (χ4v) is 2.51. The summed E-state index contributed by atoms with van der Waals surface area (Å²) in [5, 5.41) is 5.80. The van der Waals surface area contributed by atoms with E-state index in [4.69, 9.17) is 16.6 Å². The Labute approximate surface area is 144 Å². The first-order valence-electron chi connectivity index (χ1n) is 7.14. The third-order valence-corrected chi connectivity index (χ3v) is 3.66. The van der Waals surface area contributed by atoms with Crippen molar-refractivity contribution < 1.29 is 17.6 Å². The molecule has 2 aromatic heterocycles. The van der Waals surface area contributed by atoms with Crippen LogP contribution >= 0.6 is 12.2 Å². The number of H-pyrrole nitrogens is 1. The van der Waals surface area contributed by atoms with Crippen LogP contribution in [0.5, 0.6) is 0 Å². The molecule has 0 aliphatic rings. The Kier molecular flexibility index (Phi) is 4.49. The highest BCUT2D eigenvalue weighted by Gasteiger charge is 2.33. The maximum atomic E-state index is 13.1. The highest BCUT2D eigenvalue weighted by atomic mass is 32.1. The van der Waals surface area contributed by atoms with Gasteiger partial charge in [0, 0.05) is 22.7 Å². The molecule has 0 atom stereocenters. The lowest BCUT2D eigenvalue weighted by Crippen LogP contribution is -2.27. The molecule has 1 aromatic carbocycles. The Morgan fingerprint density at radius 1 is 1.24 bits per heavy atom. The number of aromatic nitrogens is 1. The number of alkyl halides is 3. The first-order chi connectivity index (χ1) is 11.8. The van der Waals surface area contributed by atoms with Gasteiger partial charge >= 0.3 is 6.18 Å². The van der Waals surface area contributed by atoms with Crippen molar-refractivity contribution >= 4 is 33.9 Å². The SMILES string of the molecule is O=c1cc(C(F)(F)F)c2cc(NC(=S)NCc3ccco3)ccc2[nH]1. The van der Waals surface area contributed by atoms with E-state index in [1.807, 2.05) is 0 Å². The molecule has 0 fully saturated rings. The summed E-state index contributed by atoms with van der Waals surface area (Å²) < 4.78 is 44.6. The highest BCUT2D eigenvalue weighted by Crippen LogP contribution is 2.34. The van der Waals surface area contributed by atoms with Crippen LogP contribution < -0.4 is 16.2 Å². The van der Waals surface area contributed by atoms with Crippen LogP contribution in [-0.4, -0.2) is 10.1 Å². The average Bonchev–Trinajstić information content (AvgIpc) is 3.05. The van der Waals surface area contributed by atoms with E-state index in [1.54, 1.807) is 12.1 Å². The minimum Gasteiger partial charge on any atom is -0.467 e. The molecule has 0 unspecified atom stereocenters. The van der Waals surface area contributed by atoms with E-state index in [-0.39, 0.29) is 16.0 Å². The van der Waals surface area contributed by atoms with E-state index in [0.717, 1.165) is 0 Å². The molecule has 2 heterocycles. The fraction of sp³-hybridized carbons (Fsp3) is 0.125. The van der Waals surface area contributed by atoms with Crippen molar-refractivity contribution in [3.05, 3.63) is 64.3 Å². The number of pyridine rings is 1. The van der Waals surface area contributed by atoms with Crippen LogP contribution in [0.4, 0.5) is 18.9 Å². The number of rotatable bonds is 3. The van der Waals surface area contributed by atoms with Crippen LogP contribution in [-0.2, 0) is 12.7 Å². The Morgan fingerprint density at radius 2 is 2.04 bits per heavy atom.